The van der Waals surface area contributed by atoms with Crippen LogP contribution in [0, 0.1) is 0 Å². The zero-order valence-corrected chi connectivity index (χ0v) is 32.1. The number of nitrogens with zero attached hydrogens (tertiary/aromatic N) is 4. The van der Waals surface area contributed by atoms with Crippen molar-refractivity contribution in [3.63, 3.8) is 0 Å². The molecule has 0 N–H and O–H groups in total. The molecule has 4 heterocycles. The highest BCUT2D eigenvalue weighted by Gasteiger charge is 2.32. The van der Waals surface area contributed by atoms with E-state index in [9.17, 15) is 0 Å². The average Bonchev–Trinajstić information content (AvgIpc) is 3.79. The first-order valence-electron chi connectivity index (χ1n) is 19.7. The molecule has 9 aromatic rings. The molecule has 0 fully saturated rings. The Kier molecular flexibility index (Phi) is 7.42. The van der Waals surface area contributed by atoms with Gasteiger partial charge in [0.2, 0.25) is 0 Å². The Morgan fingerprint density at radius 2 is 1.18 bits per heavy atom. The highest BCUT2D eigenvalue weighted by Crippen LogP contribution is 2.51. The van der Waals surface area contributed by atoms with Crippen LogP contribution < -0.4 is 14.5 Å². The van der Waals surface area contributed by atoms with Crippen molar-refractivity contribution >= 4 is 44.6 Å². The molecule has 57 heavy (non-hydrogen) atoms. The van der Waals surface area contributed by atoms with Crippen molar-refractivity contribution in [2.45, 2.75) is 26.2 Å². The van der Waals surface area contributed by atoms with Gasteiger partial charge in [-0.15, -0.1) is 0 Å². The Morgan fingerprint density at radius 3 is 2.02 bits per heavy atom. The third-order valence-corrected chi connectivity index (χ3v) is 11.5. The van der Waals surface area contributed by atoms with E-state index in [1.165, 1.54) is 22.1 Å². The minimum Gasteiger partial charge on any atom is -0.457 e. The first-order valence-corrected chi connectivity index (χ1v) is 19.7. The van der Waals surface area contributed by atoms with Crippen molar-refractivity contribution in [3.05, 3.63) is 181 Å². The van der Waals surface area contributed by atoms with E-state index in [4.69, 9.17) is 9.72 Å². The van der Waals surface area contributed by atoms with Crippen LogP contribution in [0.4, 0.5) is 22.7 Å². The van der Waals surface area contributed by atoms with Gasteiger partial charge in [0.1, 0.15) is 24.0 Å². The number of fused-ring (bicyclic) bond motifs is 20. The minimum atomic E-state index is -0.141. The van der Waals surface area contributed by atoms with Gasteiger partial charge >= 0.3 is 0 Å². The predicted octanol–water partition coefficient (Wildman–Crippen LogP) is 13.8. The summed E-state index contributed by atoms with van der Waals surface area (Å²) in [6, 6.07) is 63.1. The molecular formula is C52H40N4O. The summed E-state index contributed by atoms with van der Waals surface area (Å²) in [5, 5.41) is 2.33. The number of ether oxygens (including phenoxy) is 1. The summed E-state index contributed by atoms with van der Waals surface area (Å²) < 4.78 is 9.07. The van der Waals surface area contributed by atoms with Crippen LogP contribution in [0.5, 0.6) is 11.5 Å². The maximum absolute atomic E-state index is 6.75. The molecule has 0 saturated heterocycles. The number of benzene rings is 7. The molecule has 2 aliphatic heterocycles. The van der Waals surface area contributed by atoms with Gasteiger partial charge in [0.05, 0.1) is 33.8 Å². The fourth-order valence-electron chi connectivity index (χ4n) is 8.78. The third kappa shape index (κ3) is 5.42. The molecular weight excluding hydrogens is 697 g/mol. The number of rotatable bonds is 1. The predicted molar refractivity (Wildman–Crippen MR) is 236 cm³/mol. The van der Waals surface area contributed by atoms with Gasteiger partial charge in [-0.25, -0.2) is 4.98 Å². The second-order valence-corrected chi connectivity index (χ2v) is 16.1. The molecule has 0 unspecified atom stereocenters. The molecule has 0 spiro atoms. The summed E-state index contributed by atoms with van der Waals surface area (Å²) in [5.74, 6) is 2.43. The lowest BCUT2D eigenvalue weighted by Gasteiger charge is -2.28. The summed E-state index contributed by atoms with van der Waals surface area (Å²) in [6.45, 7) is 7.47. The smallest absolute Gasteiger partial charge is 0.138 e. The van der Waals surface area contributed by atoms with Crippen LogP contribution in [0.3, 0.4) is 0 Å². The van der Waals surface area contributed by atoms with Crippen LogP contribution in [0.1, 0.15) is 26.3 Å². The Labute approximate surface area is 332 Å². The lowest BCUT2D eigenvalue weighted by molar-refractivity contribution is 0.483. The summed E-state index contributed by atoms with van der Waals surface area (Å²) in [6.07, 6.45) is 0. The molecule has 0 amide bonds. The van der Waals surface area contributed by atoms with Crippen molar-refractivity contribution in [2.75, 3.05) is 16.5 Å². The minimum absolute atomic E-state index is 0.141. The zero-order chi connectivity index (χ0) is 38.3. The van der Waals surface area contributed by atoms with Crippen molar-refractivity contribution in [1.29, 1.82) is 0 Å². The van der Waals surface area contributed by atoms with Gasteiger partial charge in [-0.05, 0) is 76.7 Å². The van der Waals surface area contributed by atoms with E-state index in [0.29, 0.717) is 6.67 Å². The first-order chi connectivity index (χ1) is 27.9. The molecule has 5 heteroatoms. The van der Waals surface area contributed by atoms with E-state index in [0.717, 1.165) is 78.9 Å². The van der Waals surface area contributed by atoms with Gasteiger partial charge in [-0.1, -0.05) is 130 Å². The normalized spacial score (nSPS) is 13.2. The number of para-hydroxylation sites is 4. The molecule has 5 nitrogen and oxygen atoms in total. The second-order valence-electron chi connectivity index (χ2n) is 16.1. The molecule has 0 saturated carbocycles. The van der Waals surface area contributed by atoms with E-state index >= 15 is 0 Å². The Bertz CT molecular complexity index is 3030. The molecule has 7 aromatic carbocycles. The molecule has 0 atom stereocenters. The van der Waals surface area contributed by atoms with E-state index in [-0.39, 0.29) is 5.41 Å². The van der Waals surface area contributed by atoms with E-state index < -0.39 is 0 Å². The fourth-order valence-corrected chi connectivity index (χ4v) is 8.78. The van der Waals surface area contributed by atoms with E-state index in [1.54, 1.807) is 0 Å². The molecule has 2 aliphatic rings. The van der Waals surface area contributed by atoms with Crippen molar-refractivity contribution in [1.82, 2.24) is 9.55 Å². The topological polar surface area (TPSA) is 33.5 Å². The van der Waals surface area contributed by atoms with Gasteiger partial charge < -0.3 is 14.5 Å². The molecule has 2 aromatic heterocycles. The van der Waals surface area contributed by atoms with Gasteiger partial charge in [-0.2, -0.15) is 0 Å². The largest absolute Gasteiger partial charge is 0.457 e. The van der Waals surface area contributed by atoms with Crippen LogP contribution in [-0.4, -0.2) is 16.2 Å². The summed E-state index contributed by atoms with van der Waals surface area (Å²) in [4.78, 5) is 10.5. The quantitative estimate of drug-likeness (QED) is 0.168. The maximum atomic E-state index is 6.75. The molecule has 11 rings (SSSR count). The highest BCUT2D eigenvalue weighted by atomic mass is 16.5. The number of hydrogen-bond acceptors (Lipinski definition) is 4. The Morgan fingerprint density at radius 1 is 0.509 bits per heavy atom. The third-order valence-electron chi connectivity index (χ3n) is 11.5. The zero-order valence-electron chi connectivity index (χ0n) is 32.1. The Hall–Kier alpha value is -7.11. The van der Waals surface area contributed by atoms with Crippen molar-refractivity contribution < 1.29 is 4.74 Å². The number of pyridine rings is 1. The summed E-state index contributed by atoms with van der Waals surface area (Å²) in [7, 11) is 0. The summed E-state index contributed by atoms with van der Waals surface area (Å²) in [5.41, 5.74) is 14.4. The maximum Gasteiger partial charge on any atom is 0.138 e. The van der Waals surface area contributed by atoms with Crippen LogP contribution >= 0.6 is 0 Å². The monoisotopic (exact) mass is 736 g/mol. The average molecular weight is 737 g/mol. The van der Waals surface area contributed by atoms with Crippen molar-refractivity contribution in [3.8, 4) is 50.8 Å². The lowest BCUT2D eigenvalue weighted by Crippen LogP contribution is -2.25. The van der Waals surface area contributed by atoms with Gasteiger partial charge in [0, 0.05) is 45.3 Å². The first kappa shape index (κ1) is 33.2. The van der Waals surface area contributed by atoms with Crippen LogP contribution in [0.25, 0.3) is 61.1 Å². The lowest BCUT2D eigenvalue weighted by atomic mass is 9.85. The SMILES string of the molecule is CC(C)(C)c1cc2nc(c1)-n1c3ccccc3c3ccc(cc31)Oc1cccc(c1)N1CN(c3ccccc31)c1c(-c3ccccc3)cccc1-c1ccccc1-2. The van der Waals surface area contributed by atoms with E-state index in [1.807, 2.05) is 6.07 Å². The summed E-state index contributed by atoms with van der Waals surface area (Å²) >= 11 is 0. The number of hydrogen-bond donors (Lipinski definition) is 0. The van der Waals surface area contributed by atoms with Crippen LogP contribution in [0.15, 0.2) is 176 Å². The molecule has 8 bridgehead atoms. The standard InChI is InChI=1S/C52H40N4O/c1-52(2,3)35-29-45-41-20-8-7-19-40(41)44-23-14-22-39(34-15-5-4-6-16-34)51(44)55-33-54(47-25-11-12-26-48(47)55)36-17-13-18-37(31-36)57-38-27-28-43-42-21-9-10-24-46(42)56(49(43)32-38)50(30-35)53-45/h4-32H,33H2,1-3H3. The van der Waals surface area contributed by atoms with E-state index in [2.05, 4.69) is 205 Å². The second kappa shape index (κ2) is 12.7. The number of anilines is 4. The molecule has 0 radical (unpaired) electrons. The van der Waals surface area contributed by atoms with Crippen LogP contribution in [-0.2, 0) is 5.41 Å². The highest BCUT2D eigenvalue weighted by molar-refractivity contribution is 6.09. The molecule has 274 valence electrons. The number of aromatic nitrogens is 2. The molecule has 0 aliphatic carbocycles. The van der Waals surface area contributed by atoms with Crippen LogP contribution in [0.2, 0.25) is 0 Å². The Balaban J connectivity index is 1.27. The van der Waals surface area contributed by atoms with Crippen molar-refractivity contribution in [2.24, 2.45) is 0 Å². The van der Waals surface area contributed by atoms with Gasteiger partial charge in [0.15, 0.2) is 0 Å². The fraction of sp³-hybridized carbons (Fsp3) is 0.0962. The van der Waals surface area contributed by atoms with Gasteiger partial charge in [-0.3, -0.25) is 4.57 Å². The van der Waals surface area contributed by atoms with Gasteiger partial charge in [0.25, 0.3) is 0 Å².